The van der Waals surface area contributed by atoms with Crippen LogP contribution in [0.5, 0.6) is 0 Å². The molecule has 0 amide bonds. The van der Waals surface area contributed by atoms with Crippen molar-refractivity contribution in [2.75, 3.05) is 18.4 Å². The number of hydrogen-bond acceptors (Lipinski definition) is 8. The van der Waals surface area contributed by atoms with E-state index in [-0.39, 0.29) is 20.4 Å². The van der Waals surface area contributed by atoms with E-state index in [4.69, 9.17) is 5.84 Å². The first kappa shape index (κ1) is 24.8. The number of sulfonamides is 1. The fourth-order valence-corrected chi connectivity index (χ4v) is 5.34. The Morgan fingerprint density at radius 2 is 1.72 bits per heavy atom. The number of hydrazine groups is 1. The minimum atomic E-state index is -4.61. The smallest absolute Gasteiger partial charge is 0.336 e. The first-order valence-corrected chi connectivity index (χ1v) is 12.3. The summed E-state index contributed by atoms with van der Waals surface area (Å²) in [5.74, 6) is 6.71. The predicted molar refractivity (Wildman–Crippen MR) is 135 cm³/mol. The number of carbonyl (C=O) groups is 1. The molecule has 5 N–H and O–H groups in total. The van der Waals surface area contributed by atoms with Crippen LogP contribution in [0.25, 0.3) is 5.57 Å². The number of aliphatic imine (C=N–C) groups is 1. The number of carboxylic acid groups (broad SMARTS) is 1. The van der Waals surface area contributed by atoms with E-state index >= 15 is 0 Å². The summed E-state index contributed by atoms with van der Waals surface area (Å²) in [5, 5.41) is 16.7. The molecule has 0 radical (unpaired) electrons. The highest BCUT2D eigenvalue weighted by Crippen LogP contribution is 2.42. The molecular weight excluding hydrogens is 482 g/mol. The summed E-state index contributed by atoms with van der Waals surface area (Å²) in [4.78, 5) is 29.6. The standard InChI is InChI=1S/C25H23N5O5S/c26-30(36(34,35)21-12-5-2-6-13-21)25(23(32)33,22(17-31)18-8-3-1-4-9-18)19-10-7-11-20(16-19)29-24-27-14-15-28-24/h1-13,16H,14-15,26H2,(H,32,33)(H2,27,28,29)/t25-/m0/s1. The van der Waals surface area contributed by atoms with E-state index < -0.39 is 27.1 Å². The Balaban J connectivity index is 1.98. The fourth-order valence-electron chi connectivity index (χ4n) is 3.98. The lowest BCUT2D eigenvalue weighted by atomic mass is 9.80. The van der Waals surface area contributed by atoms with E-state index in [1.54, 1.807) is 36.3 Å². The quantitative estimate of drug-likeness (QED) is 0.205. The van der Waals surface area contributed by atoms with E-state index in [0.717, 1.165) is 0 Å². The van der Waals surface area contributed by atoms with Gasteiger partial charge in [0.1, 0.15) is 5.94 Å². The lowest BCUT2D eigenvalue weighted by molar-refractivity contribution is -0.145. The SMILES string of the molecule is NN([C@](C(=O)O)(C(=C=O)c1ccccc1)c1cccc(NC2=NCCN2)c1)S(=O)(=O)c1ccccc1. The minimum absolute atomic E-state index is 0.0807. The van der Waals surface area contributed by atoms with Crippen LogP contribution >= 0.6 is 0 Å². The molecule has 0 fully saturated rings. The van der Waals surface area contributed by atoms with Crippen LogP contribution in [0.15, 0.2) is 94.8 Å². The Hall–Kier alpha value is -4.28. The predicted octanol–water partition coefficient (Wildman–Crippen LogP) is 1.82. The molecule has 1 aliphatic heterocycles. The molecule has 1 heterocycles. The third-order valence-corrected chi connectivity index (χ3v) is 7.34. The molecule has 0 saturated heterocycles. The molecule has 4 rings (SSSR count). The summed E-state index contributed by atoms with van der Waals surface area (Å²) in [7, 11) is -4.61. The Morgan fingerprint density at radius 1 is 1.06 bits per heavy atom. The van der Waals surface area contributed by atoms with E-state index in [9.17, 15) is 23.1 Å². The zero-order chi connectivity index (χ0) is 25.8. The van der Waals surface area contributed by atoms with Gasteiger partial charge in [0.25, 0.3) is 10.0 Å². The molecule has 36 heavy (non-hydrogen) atoms. The van der Waals surface area contributed by atoms with Crippen molar-refractivity contribution in [3.8, 4) is 0 Å². The van der Waals surface area contributed by atoms with E-state index in [1.165, 1.54) is 54.6 Å². The average molecular weight is 506 g/mol. The number of benzene rings is 3. The van der Waals surface area contributed by atoms with Crippen LogP contribution in [0.3, 0.4) is 0 Å². The summed E-state index contributed by atoms with van der Waals surface area (Å²) in [6.07, 6.45) is 0. The lowest BCUT2D eigenvalue weighted by Crippen LogP contribution is -2.58. The number of carboxylic acids is 1. The molecule has 0 spiro atoms. The van der Waals surface area contributed by atoms with Crippen molar-refractivity contribution in [2.24, 2.45) is 10.8 Å². The number of nitrogens with zero attached hydrogens (tertiary/aromatic N) is 2. The highest BCUT2D eigenvalue weighted by Gasteiger charge is 2.55. The average Bonchev–Trinajstić information content (AvgIpc) is 3.41. The monoisotopic (exact) mass is 505 g/mol. The van der Waals surface area contributed by atoms with Gasteiger partial charge in [0.2, 0.25) is 5.54 Å². The molecule has 3 aromatic carbocycles. The summed E-state index contributed by atoms with van der Waals surface area (Å²) in [6, 6.07) is 21.0. The molecule has 0 unspecified atom stereocenters. The molecule has 3 aromatic rings. The van der Waals surface area contributed by atoms with Crippen LogP contribution in [0.1, 0.15) is 11.1 Å². The molecule has 0 aromatic heterocycles. The van der Waals surface area contributed by atoms with Crippen molar-refractivity contribution >= 4 is 39.2 Å². The zero-order valence-electron chi connectivity index (χ0n) is 19.0. The van der Waals surface area contributed by atoms with Gasteiger partial charge in [-0.15, -0.1) is 4.41 Å². The van der Waals surface area contributed by atoms with Crippen molar-refractivity contribution < 1.29 is 23.1 Å². The Bertz CT molecular complexity index is 1450. The summed E-state index contributed by atoms with van der Waals surface area (Å²) in [6.45, 7) is 1.21. The minimum Gasteiger partial charge on any atom is -0.479 e. The molecule has 10 nitrogen and oxygen atoms in total. The highest BCUT2D eigenvalue weighted by atomic mass is 32.2. The Morgan fingerprint density at radius 3 is 2.31 bits per heavy atom. The van der Waals surface area contributed by atoms with Gasteiger partial charge >= 0.3 is 5.97 Å². The maximum Gasteiger partial charge on any atom is 0.336 e. The number of aliphatic carboxylic acids is 1. The van der Waals surface area contributed by atoms with E-state index in [1.807, 2.05) is 0 Å². The number of nitrogens with two attached hydrogens (primary N) is 1. The molecule has 11 heteroatoms. The zero-order valence-corrected chi connectivity index (χ0v) is 19.8. The second-order valence-electron chi connectivity index (χ2n) is 7.84. The maximum absolute atomic E-state index is 13.6. The lowest BCUT2D eigenvalue weighted by Gasteiger charge is -2.37. The summed E-state index contributed by atoms with van der Waals surface area (Å²) >= 11 is 0. The van der Waals surface area contributed by atoms with Crippen LogP contribution < -0.4 is 16.5 Å². The summed E-state index contributed by atoms with van der Waals surface area (Å²) < 4.78 is 27.5. The Labute approximate surface area is 207 Å². The number of nitrogens with one attached hydrogen (secondary N) is 2. The fraction of sp³-hybridized carbons (Fsp3) is 0.120. The van der Waals surface area contributed by atoms with E-state index in [2.05, 4.69) is 15.6 Å². The van der Waals surface area contributed by atoms with Gasteiger partial charge in [0.15, 0.2) is 5.96 Å². The number of anilines is 1. The largest absolute Gasteiger partial charge is 0.479 e. The second kappa shape index (κ2) is 10.1. The van der Waals surface area contributed by atoms with Crippen LogP contribution in [0.2, 0.25) is 0 Å². The van der Waals surface area contributed by atoms with Crippen LogP contribution in [-0.4, -0.2) is 48.9 Å². The first-order chi connectivity index (χ1) is 17.3. The number of carbonyl (C=O) groups excluding carboxylic acids is 1. The van der Waals surface area contributed by atoms with Gasteiger partial charge in [0, 0.05) is 12.2 Å². The highest BCUT2D eigenvalue weighted by molar-refractivity contribution is 7.89. The third kappa shape index (κ3) is 4.39. The van der Waals surface area contributed by atoms with Gasteiger partial charge in [-0.3, -0.25) is 10.8 Å². The molecule has 0 bridgehead atoms. The van der Waals surface area contributed by atoms with Crippen molar-refractivity contribution in [1.82, 2.24) is 9.73 Å². The van der Waals surface area contributed by atoms with Crippen molar-refractivity contribution in [3.05, 3.63) is 96.1 Å². The molecular formula is C25H23N5O5S. The third-order valence-electron chi connectivity index (χ3n) is 5.68. The second-order valence-corrected chi connectivity index (χ2v) is 9.65. The molecule has 0 aliphatic carbocycles. The van der Waals surface area contributed by atoms with Crippen molar-refractivity contribution in [1.29, 1.82) is 0 Å². The molecule has 1 atom stereocenters. The normalized spacial score (nSPS) is 14.8. The Kier molecular flexibility index (Phi) is 7.00. The maximum atomic E-state index is 13.6. The van der Waals surface area contributed by atoms with Gasteiger partial charge in [-0.05, 0) is 35.4 Å². The van der Waals surface area contributed by atoms with Gasteiger partial charge in [0.05, 0.1) is 17.0 Å². The van der Waals surface area contributed by atoms with Crippen LogP contribution in [0.4, 0.5) is 5.69 Å². The van der Waals surface area contributed by atoms with Gasteiger partial charge in [-0.2, -0.15) is 0 Å². The van der Waals surface area contributed by atoms with Crippen molar-refractivity contribution in [2.45, 2.75) is 10.4 Å². The first-order valence-electron chi connectivity index (χ1n) is 10.9. The van der Waals surface area contributed by atoms with Gasteiger partial charge in [-0.25, -0.2) is 18.0 Å². The van der Waals surface area contributed by atoms with Gasteiger partial charge < -0.3 is 15.7 Å². The molecule has 0 saturated carbocycles. The molecule has 1 aliphatic rings. The van der Waals surface area contributed by atoms with Crippen molar-refractivity contribution in [3.63, 3.8) is 0 Å². The van der Waals surface area contributed by atoms with E-state index in [0.29, 0.717) is 24.7 Å². The topological polar surface area (TPSA) is 154 Å². The van der Waals surface area contributed by atoms with Crippen LogP contribution in [-0.2, 0) is 25.2 Å². The summed E-state index contributed by atoms with van der Waals surface area (Å²) in [5.41, 5.74) is -2.67. The number of guanidine groups is 1. The van der Waals surface area contributed by atoms with Crippen LogP contribution in [0, 0.1) is 0 Å². The van der Waals surface area contributed by atoms with Gasteiger partial charge in [-0.1, -0.05) is 60.7 Å². The molecule has 184 valence electrons. The number of rotatable bonds is 8. The number of hydrogen-bond donors (Lipinski definition) is 4.